The number of hydrogen-bond acceptors (Lipinski definition) is 4. The average molecular weight is 332 g/mol. The molecule has 0 aliphatic carbocycles. The van der Waals surface area contributed by atoms with E-state index < -0.39 is 36.9 Å². The molecule has 0 saturated heterocycles. The minimum absolute atomic E-state index is 0.128. The van der Waals surface area contributed by atoms with E-state index in [-0.39, 0.29) is 11.4 Å². The minimum atomic E-state index is -5.88. The van der Waals surface area contributed by atoms with Crippen LogP contribution in [0.3, 0.4) is 0 Å². The van der Waals surface area contributed by atoms with Crippen molar-refractivity contribution in [3.8, 4) is 0 Å². The fraction of sp³-hybridized carbons (Fsp3) is 0.455. The molecule has 3 N–H and O–H groups in total. The number of aliphatic hydroxyl groups is 1. The molecule has 1 rings (SSSR count). The number of halogens is 6. The van der Waals surface area contributed by atoms with Crippen molar-refractivity contribution < 1.29 is 41.4 Å². The molecule has 22 heavy (non-hydrogen) atoms. The molecule has 0 fully saturated rings. The zero-order valence-corrected chi connectivity index (χ0v) is 10.7. The van der Waals surface area contributed by atoms with Crippen LogP contribution in [0.2, 0.25) is 0 Å². The fourth-order valence-corrected chi connectivity index (χ4v) is 1.44. The van der Waals surface area contributed by atoms with Gasteiger partial charge in [0.15, 0.2) is 0 Å². The number of carboxylic acids is 1. The van der Waals surface area contributed by atoms with Crippen molar-refractivity contribution in [2.24, 2.45) is 0 Å². The quantitative estimate of drug-likeness (QED) is 0.722. The Morgan fingerprint density at radius 3 is 2.05 bits per heavy atom. The van der Waals surface area contributed by atoms with Gasteiger partial charge < -0.3 is 15.5 Å². The van der Waals surface area contributed by atoms with Gasteiger partial charge in [-0.25, -0.2) is 9.78 Å². The summed E-state index contributed by atoms with van der Waals surface area (Å²) in [6.45, 7) is -0.880. The Labute approximate surface area is 119 Å². The number of alkyl halides is 6. The molecule has 0 aliphatic rings. The first-order valence-corrected chi connectivity index (χ1v) is 5.67. The number of hydrogen-bond donors (Lipinski definition) is 3. The van der Waals surface area contributed by atoms with Gasteiger partial charge in [0, 0.05) is 19.2 Å². The van der Waals surface area contributed by atoms with Gasteiger partial charge in [0.25, 0.3) is 5.60 Å². The van der Waals surface area contributed by atoms with Crippen LogP contribution in [-0.4, -0.2) is 45.7 Å². The smallest absolute Gasteiger partial charge is 0.426 e. The first-order chi connectivity index (χ1) is 9.88. The summed E-state index contributed by atoms with van der Waals surface area (Å²) in [6, 6.07) is 2.14. The van der Waals surface area contributed by atoms with Gasteiger partial charge in [-0.1, -0.05) is 0 Å². The molecule has 0 aromatic carbocycles. The second kappa shape index (κ2) is 5.99. The molecule has 1 aromatic rings. The minimum Gasteiger partial charge on any atom is -0.478 e. The van der Waals surface area contributed by atoms with Crippen molar-refractivity contribution in [3.05, 3.63) is 23.9 Å². The predicted octanol–water partition coefficient (Wildman–Crippen LogP) is 2.44. The molecule has 1 heterocycles. The Morgan fingerprint density at radius 1 is 1.14 bits per heavy atom. The van der Waals surface area contributed by atoms with Gasteiger partial charge in [0.05, 0.1) is 5.56 Å². The number of pyridine rings is 1. The third kappa shape index (κ3) is 3.78. The number of nitrogens with one attached hydrogen (secondary N) is 1. The molecular formula is C11H10F6N2O3. The molecule has 11 heteroatoms. The molecule has 124 valence electrons. The summed E-state index contributed by atoms with van der Waals surface area (Å²) >= 11 is 0. The molecule has 0 aliphatic heterocycles. The van der Waals surface area contributed by atoms with Crippen LogP contribution in [0.5, 0.6) is 0 Å². The predicted molar refractivity (Wildman–Crippen MR) is 61.4 cm³/mol. The Hall–Kier alpha value is -2.04. The number of nitrogens with zero attached hydrogens (tertiary/aromatic N) is 1. The van der Waals surface area contributed by atoms with Crippen molar-refractivity contribution >= 4 is 11.8 Å². The van der Waals surface area contributed by atoms with E-state index in [1.165, 1.54) is 0 Å². The Balaban J connectivity index is 2.74. The SMILES string of the molecule is O=C(O)c1ccc(NCCC(O)(C(F)(F)F)C(F)(F)F)nc1. The van der Waals surface area contributed by atoms with Crippen LogP contribution in [0.4, 0.5) is 32.2 Å². The summed E-state index contributed by atoms with van der Waals surface area (Å²) in [4.78, 5) is 14.0. The zero-order chi connectivity index (χ0) is 17.2. The zero-order valence-electron chi connectivity index (χ0n) is 10.7. The molecule has 0 bridgehead atoms. The molecule has 0 saturated carbocycles. The highest BCUT2D eigenvalue weighted by Crippen LogP contribution is 2.45. The lowest BCUT2D eigenvalue weighted by Gasteiger charge is -2.32. The Kier molecular flexibility index (Phi) is 4.90. The number of carboxylic acid groups (broad SMARTS) is 1. The molecule has 0 amide bonds. The van der Waals surface area contributed by atoms with E-state index >= 15 is 0 Å². The van der Waals surface area contributed by atoms with Gasteiger partial charge in [-0.15, -0.1) is 0 Å². The second-order valence-electron chi connectivity index (χ2n) is 4.27. The standard InChI is InChI=1S/C11H10F6N2O3/c12-10(13,14)9(22,11(15,16)17)3-4-18-7-2-1-6(5-19-7)8(20)21/h1-2,5,22H,3-4H2,(H,18,19)(H,20,21). The van der Waals surface area contributed by atoms with Crippen LogP contribution in [0, 0.1) is 0 Å². The maximum atomic E-state index is 12.4. The second-order valence-corrected chi connectivity index (χ2v) is 4.27. The van der Waals surface area contributed by atoms with Gasteiger partial charge in [-0.2, -0.15) is 26.3 Å². The first kappa shape index (κ1) is 18.0. The van der Waals surface area contributed by atoms with Crippen molar-refractivity contribution in [3.63, 3.8) is 0 Å². The lowest BCUT2D eigenvalue weighted by atomic mass is 9.98. The summed E-state index contributed by atoms with van der Waals surface area (Å²) in [5.74, 6) is -1.42. The van der Waals surface area contributed by atoms with Gasteiger partial charge in [0.1, 0.15) is 5.82 Å². The summed E-state index contributed by atoms with van der Waals surface area (Å²) < 4.78 is 74.3. The number of aromatic carboxylic acids is 1. The van der Waals surface area contributed by atoms with Gasteiger partial charge in [0.2, 0.25) is 0 Å². The summed E-state index contributed by atoms with van der Waals surface area (Å²) in [7, 11) is 0. The Morgan fingerprint density at radius 2 is 1.68 bits per heavy atom. The highest BCUT2D eigenvalue weighted by atomic mass is 19.4. The van der Waals surface area contributed by atoms with E-state index in [0.29, 0.717) is 0 Å². The van der Waals surface area contributed by atoms with E-state index in [1.54, 1.807) is 0 Å². The normalized spacial score (nSPS) is 13.0. The van der Waals surface area contributed by atoms with Gasteiger partial charge >= 0.3 is 18.3 Å². The molecule has 0 unspecified atom stereocenters. The van der Waals surface area contributed by atoms with E-state index in [4.69, 9.17) is 10.2 Å². The summed E-state index contributed by atoms with van der Waals surface area (Å²) in [5.41, 5.74) is -5.04. The third-order valence-electron chi connectivity index (χ3n) is 2.74. The van der Waals surface area contributed by atoms with Crippen LogP contribution in [0.1, 0.15) is 16.8 Å². The van der Waals surface area contributed by atoms with Crippen LogP contribution >= 0.6 is 0 Å². The largest absolute Gasteiger partial charge is 0.478 e. The average Bonchev–Trinajstić information content (AvgIpc) is 2.36. The van der Waals surface area contributed by atoms with Crippen molar-refractivity contribution in [1.29, 1.82) is 0 Å². The Bertz CT molecular complexity index is 512. The molecule has 1 aromatic heterocycles. The van der Waals surface area contributed by atoms with E-state index in [0.717, 1.165) is 18.3 Å². The molecular weight excluding hydrogens is 322 g/mol. The molecule has 0 spiro atoms. The number of anilines is 1. The molecule has 5 nitrogen and oxygen atoms in total. The summed E-state index contributed by atoms with van der Waals surface area (Å²) in [6.07, 6.45) is -12.6. The van der Waals surface area contributed by atoms with E-state index in [9.17, 15) is 31.1 Å². The van der Waals surface area contributed by atoms with Crippen LogP contribution in [0.25, 0.3) is 0 Å². The van der Waals surface area contributed by atoms with Crippen molar-refractivity contribution in [1.82, 2.24) is 4.98 Å². The molecule has 0 radical (unpaired) electrons. The van der Waals surface area contributed by atoms with Gasteiger partial charge in [-0.3, -0.25) is 0 Å². The molecule has 0 atom stereocenters. The van der Waals surface area contributed by atoms with Crippen molar-refractivity contribution in [2.75, 3.05) is 11.9 Å². The van der Waals surface area contributed by atoms with Crippen molar-refractivity contribution in [2.45, 2.75) is 24.4 Å². The van der Waals surface area contributed by atoms with Crippen LogP contribution < -0.4 is 5.32 Å². The highest BCUT2D eigenvalue weighted by molar-refractivity contribution is 5.87. The lowest BCUT2D eigenvalue weighted by molar-refractivity contribution is -0.368. The van der Waals surface area contributed by atoms with Crippen LogP contribution in [-0.2, 0) is 0 Å². The number of aromatic nitrogens is 1. The summed E-state index contributed by atoms with van der Waals surface area (Å²) in [5, 5.41) is 19.6. The highest BCUT2D eigenvalue weighted by Gasteiger charge is 2.69. The van der Waals surface area contributed by atoms with E-state index in [1.807, 2.05) is 0 Å². The fourth-order valence-electron chi connectivity index (χ4n) is 1.44. The number of carbonyl (C=O) groups is 1. The van der Waals surface area contributed by atoms with Crippen LogP contribution in [0.15, 0.2) is 18.3 Å². The monoisotopic (exact) mass is 332 g/mol. The first-order valence-electron chi connectivity index (χ1n) is 5.67. The number of rotatable bonds is 5. The maximum absolute atomic E-state index is 12.4. The lowest BCUT2D eigenvalue weighted by Crippen LogP contribution is -2.57. The third-order valence-corrected chi connectivity index (χ3v) is 2.74. The topological polar surface area (TPSA) is 82.5 Å². The van der Waals surface area contributed by atoms with Gasteiger partial charge in [-0.05, 0) is 12.1 Å². The van der Waals surface area contributed by atoms with E-state index in [2.05, 4.69) is 10.3 Å². The maximum Gasteiger partial charge on any atom is 0.426 e.